The Labute approximate surface area is 199 Å². The highest BCUT2D eigenvalue weighted by molar-refractivity contribution is 8.00. The zero-order valence-electron chi connectivity index (χ0n) is 17.8. The van der Waals surface area contributed by atoms with Gasteiger partial charge >= 0.3 is 0 Å². The number of hydrogen-bond donors (Lipinski definition) is 1. The van der Waals surface area contributed by atoms with Crippen LogP contribution in [0, 0.1) is 5.82 Å². The van der Waals surface area contributed by atoms with Crippen LogP contribution >= 0.6 is 23.4 Å². The number of halogens is 2. The summed E-state index contributed by atoms with van der Waals surface area (Å²) < 4.78 is 21.1. The average molecular weight is 483 g/mol. The predicted molar refractivity (Wildman–Crippen MR) is 129 cm³/mol. The van der Waals surface area contributed by atoms with E-state index in [4.69, 9.17) is 16.3 Å². The molecule has 0 bridgehead atoms. The summed E-state index contributed by atoms with van der Waals surface area (Å²) in [6.45, 7) is 1.73. The lowest BCUT2D eigenvalue weighted by molar-refractivity contribution is -0.115. The first-order chi connectivity index (χ1) is 16.0. The molecule has 4 aromatic rings. The van der Waals surface area contributed by atoms with Crippen LogP contribution in [0.25, 0.3) is 17.1 Å². The van der Waals surface area contributed by atoms with Gasteiger partial charge in [-0.15, -0.1) is 10.2 Å². The van der Waals surface area contributed by atoms with E-state index in [1.165, 1.54) is 23.9 Å². The summed E-state index contributed by atoms with van der Waals surface area (Å²) in [4.78, 5) is 12.7. The van der Waals surface area contributed by atoms with Crippen molar-refractivity contribution in [3.05, 3.63) is 83.6 Å². The highest BCUT2D eigenvalue weighted by Crippen LogP contribution is 2.32. The molecule has 1 aromatic heterocycles. The zero-order valence-corrected chi connectivity index (χ0v) is 19.4. The summed E-state index contributed by atoms with van der Waals surface area (Å²) in [7, 11) is 1.60. The van der Waals surface area contributed by atoms with E-state index < -0.39 is 11.1 Å². The highest BCUT2D eigenvalue weighted by atomic mass is 35.5. The molecule has 1 unspecified atom stereocenters. The summed E-state index contributed by atoms with van der Waals surface area (Å²) in [5, 5.41) is 11.9. The van der Waals surface area contributed by atoms with Gasteiger partial charge in [-0.2, -0.15) is 0 Å². The number of aromatic nitrogens is 3. The molecule has 6 nitrogen and oxygen atoms in total. The predicted octanol–water partition coefficient (Wildman–Crippen LogP) is 5.85. The molecule has 0 aliphatic rings. The van der Waals surface area contributed by atoms with Gasteiger partial charge in [-0.3, -0.25) is 9.36 Å². The Hall–Kier alpha value is -3.36. The summed E-state index contributed by atoms with van der Waals surface area (Å²) in [5.41, 5.74) is 1.71. The number of ether oxygens (including phenoxy) is 1. The molecular weight excluding hydrogens is 463 g/mol. The van der Waals surface area contributed by atoms with Crippen LogP contribution in [0.2, 0.25) is 5.02 Å². The second-order valence-electron chi connectivity index (χ2n) is 7.08. The van der Waals surface area contributed by atoms with Crippen LogP contribution in [0.4, 0.5) is 10.1 Å². The second-order valence-corrected chi connectivity index (χ2v) is 8.82. The molecule has 9 heteroatoms. The molecular formula is C24H20ClFN4O2S. The minimum atomic E-state index is -0.571. The molecule has 1 amide bonds. The van der Waals surface area contributed by atoms with Crippen LogP contribution in [0.3, 0.4) is 0 Å². The fourth-order valence-corrected chi connectivity index (χ4v) is 4.12. The van der Waals surface area contributed by atoms with E-state index in [2.05, 4.69) is 15.5 Å². The summed E-state index contributed by atoms with van der Waals surface area (Å²) >= 11 is 7.30. The van der Waals surface area contributed by atoms with Crippen molar-refractivity contribution in [3.63, 3.8) is 0 Å². The number of amides is 1. The number of carbonyl (C=O) groups excluding carboxylic acids is 1. The molecule has 0 saturated carbocycles. The van der Waals surface area contributed by atoms with E-state index in [-0.39, 0.29) is 11.6 Å². The van der Waals surface area contributed by atoms with Gasteiger partial charge in [-0.05, 0) is 55.5 Å². The number of nitrogens with one attached hydrogen (secondary N) is 1. The van der Waals surface area contributed by atoms with Gasteiger partial charge in [0.2, 0.25) is 5.91 Å². The number of thioether (sulfide) groups is 1. The molecule has 0 fully saturated rings. The number of para-hydroxylation sites is 1. The number of methoxy groups -OCH3 is 1. The van der Waals surface area contributed by atoms with Crippen LogP contribution in [-0.4, -0.2) is 33.0 Å². The number of benzene rings is 3. The Kier molecular flexibility index (Phi) is 6.96. The summed E-state index contributed by atoms with van der Waals surface area (Å²) in [5.74, 6) is 0.428. The van der Waals surface area contributed by atoms with E-state index in [9.17, 15) is 9.18 Å². The topological polar surface area (TPSA) is 69.0 Å². The van der Waals surface area contributed by atoms with Gasteiger partial charge in [0.25, 0.3) is 0 Å². The number of rotatable bonds is 7. The lowest BCUT2D eigenvalue weighted by atomic mass is 10.2. The van der Waals surface area contributed by atoms with E-state index in [0.29, 0.717) is 21.8 Å². The van der Waals surface area contributed by atoms with Crippen molar-refractivity contribution in [1.29, 1.82) is 0 Å². The highest BCUT2D eigenvalue weighted by Gasteiger charge is 2.22. The maximum Gasteiger partial charge on any atom is 0.237 e. The van der Waals surface area contributed by atoms with Crippen LogP contribution in [0.1, 0.15) is 6.92 Å². The van der Waals surface area contributed by atoms with Gasteiger partial charge in [0.05, 0.1) is 18.0 Å². The lowest BCUT2D eigenvalue weighted by Crippen LogP contribution is -2.23. The van der Waals surface area contributed by atoms with E-state index >= 15 is 0 Å². The molecule has 0 aliphatic heterocycles. The van der Waals surface area contributed by atoms with Crippen LogP contribution < -0.4 is 10.1 Å². The number of anilines is 1. The smallest absolute Gasteiger partial charge is 0.237 e. The van der Waals surface area contributed by atoms with Gasteiger partial charge in [-0.1, -0.05) is 47.6 Å². The van der Waals surface area contributed by atoms with Crippen molar-refractivity contribution >= 4 is 35.0 Å². The third-order valence-corrected chi connectivity index (χ3v) is 6.12. The molecule has 0 spiro atoms. The van der Waals surface area contributed by atoms with Crippen LogP contribution in [0.15, 0.2) is 78.0 Å². The van der Waals surface area contributed by atoms with Gasteiger partial charge in [0, 0.05) is 16.3 Å². The maximum atomic E-state index is 13.9. The Bertz CT molecular complexity index is 1280. The average Bonchev–Trinajstić information content (AvgIpc) is 3.24. The zero-order chi connectivity index (χ0) is 23.4. The minimum Gasteiger partial charge on any atom is -0.497 e. The van der Waals surface area contributed by atoms with Gasteiger partial charge in [-0.25, -0.2) is 4.39 Å². The summed E-state index contributed by atoms with van der Waals surface area (Å²) in [6.07, 6.45) is 0. The molecule has 1 atom stereocenters. The van der Waals surface area contributed by atoms with Crippen molar-refractivity contribution in [1.82, 2.24) is 14.8 Å². The number of nitrogens with zero attached hydrogens (tertiary/aromatic N) is 3. The normalized spacial score (nSPS) is 11.8. The standard InChI is InChI=1S/C24H20ClFN4O2S/c1-15(23(31)27-21-9-4-3-8-20(21)26)33-24-29-28-22(16-6-5-7-19(14-16)32-2)30(24)18-12-10-17(25)11-13-18/h3-15H,1-2H3,(H,27,31). The van der Waals surface area contributed by atoms with E-state index in [0.717, 1.165) is 11.3 Å². The van der Waals surface area contributed by atoms with Gasteiger partial charge in [0.15, 0.2) is 11.0 Å². The van der Waals surface area contributed by atoms with Gasteiger partial charge < -0.3 is 10.1 Å². The Morgan fingerprint density at radius 2 is 1.85 bits per heavy atom. The Balaban J connectivity index is 1.67. The van der Waals surface area contributed by atoms with Gasteiger partial charge in [0.1, 0.15) is 11.6 Å². The van der Waals surface area contributed by atoms with E-state index in [1.807, 2.05) is 41.0 Å². The molecule has 0 aliphatic carbocycles. The maximum absolute atomic E-state index is 13.9. The van der Waals surface area contributed by atoms with Crippen molar-refractivity contribution in [2.45, 2.75) is 17.3 Å². The molecule has 1 N–H and O–H groups in total. The SMILES string of the molecule is COc1cccc(-c2nnc(SC(C)C(=O)Nc3ccccc3F)n2-c2ccc(Cl)cc2)c1. The van der Waals surface area contributed by atoms with Crippen LogP contribution in [-0.2, 0) is 4.79 Å². The van der Waals surface area contributed by atoms with Crippen molar-refractivity contribution in [3.8, 4) is 22.8 Å². The number of carbonyl (C=O) groups is 1. The van der Waals surface area contributed by atoms with Crippen LogP contribution in [0.5, 0.6) is 5.75 Å². The Morgan fingerprint density at radius 1 is 1.09 bits per heavy atom. The monoisotopic (exact) mass is 482 g/mol. The molecule has 0 radical (unpaired) electrons. The minimum absolute atomic E-state index is 0.131. The lowest BCUT2D eigenvalue weighted by Gasteiger charge is -2.14. The molecule has 1 heterocycles. The van der Waals surface area contributed by atoms with Crippen molar-refractivity contribution < 1.29 is 13.9 Å². The summed E-state index contributed by atoms with van der Waals surface area (Å²) in [6, 6.07) is 20.8. The third-order valence-electron chi connectivity index (χ3n) is 4.83. The Morgan fingerprint density at radius 3 is 2.58 bits per heavy atom. The van der Waals surface area contributed by atoms with Crippen molar-refractivity contribution in [2.24, 2.45) is 0 Å². The quantitative estimate of drug-likeness (QED) is 0.334. The van der Waals surface area contributed by atoms with Crippen molar-refractivity contribution in [2.75, 3.05) is 12.4 Å². The molecule has 33 heavy (non-hydrogen) atoms. The molecule has 3 aromatic carbocycles. The third kappa shape index (κ3) is 5.18. The molecule has 4 rings (SSSR count). The fraction of sp³-hybridized carbons (Fsp3) is 0.125. The first-order valence-electron chi connectivity index (χ1n) is 10.0. The molecule has 168 valence electrons. The fourth-order valence-electron chi connectivity index (χ4n) is 3.13. The second kappa shape index (κ2) is 10.1. The molecule has 0 saturated heterocycles. The first kappa shape index (κ1) is 22.8. The largest absolute Gasteiger partial charge is 0.497 e. The number of hydrogen-bond acceptors (Lipinski definition) is 5. The van der Waals surface area contributed by atoms with E-state index in [1.54, 1.807) is 38.3 Å². The first-order valence-corrected chi connectivity index (χ1v) is 11.3.